The Labute approximate surface area is 436 Å². The first kappa shape index (κ1) is 48.1. The number of aromatic nitrogens is 5. The molecule has 0 N–H and O–H groups in total. The molecule has 6 heteroatoms. The number of hydrogen-bond donors (Lipinski definition) is 0. The van der Waals surface area contributed by atoms with Crippen LogP contribution in [0.25, 0.3) is 100 Å². The molecule has 0 saturated heterocycles. The lowest BCUT2D eigenvalue weighted by molar-refractivity contribution is 0.590. The molecule has 0 aliphatic heterocycles. The molecule has 0 fully saturated rings. The van der Waals surface area contributed by atoms with Crippen molar-refractivity contribution in [3.05, 3.63) is 198 Å². The molecule has 3 aromatic heterocycles. The zero-order valence-corrected chi connectivity index (χ0v) is 44.8. The van der Waals surface area contributed by atoms with E-state index in [-0.39, 0.29) is 21.7 Å². The van der Waals surface area contributed by atoms with Gasteiger partial charge in [0, 0.05) is 49.4 Å². The molecular weight excluding hydrogens is 901 g/mol. The van der Waals surface area contributed by atoms with Gasteiger partial charge in [0.05, 0.1) is 39.0 Å². The molecule has 74 heavy (non-hydrogen) atoms. The summed E-state index contributed by atoms with van der Waals surface area (Å²) in [6, 6.07) is 63.4. The van der Waals surface area contributed by atoms with E-state index in [1.54, 1.807) is 0 Å². The van der Waals surface area contributed by atoms with Crippen LogP contribution in [0.5, 0.6) is 0 Å². The third-order valence-corrected chi connectivity index (χ3v) is 14.9. The van der Waals surface area contributed by atoms with Crippen molar-refractivity contribution in [3.63, 3.8) is 0 Å². The third-order valence-electron chi connectivity index (χ3n) is 14.9. The molecule has 6 nitrogen and oxygen atoms in total. The number of nitrogens with zero attached hydrogens (tertiary/aromatic N) is 6. The monoisotopic (exact) mass is 965 g/mol. The summed E-state index contributed by atoms with van der Waals surface area (Å²) >= 11 is 0. The van der Waals surface area contributed by atoms with Gasteiger partial charge >= 0.3 is 0 Å². The Kier molecular flexibility index (Phi) is 11.4. The summed E-state index contributed by atoms with van der Waals surface area (Å²) in [5.41, 5.74) is 15.8. The Bertz CT molecular complexity index is 3840. The Hall–Kier alpha value is -8.14. The molecule has 0 unspecified atom stereocenters. The lowest BCUT2D eigenvalue weighted by atomic mass is 9.85. The van der Waals surface area contributed by atoms with Gasteiger partial charge < -0.3 is 9.13 Å². The number of hydrogen-bond acceptors (Lipinski definition) is 4. The zero-order valence-electron chi connectivity index (χ0n) is 44.8. The van der Waals surface area contributed by atoms with Gasteiger partial charge in [0.2, 0.25) is 0 Å². The molecule has 0 bridgehead atoms. The average molecular weight is 965 g/mol. The molecule has 0 aliphatic carbocycles. The van der Waals surface area contributed by atoms with E-state index in [1.165, 1.54) is 43.8 Å². The predicted molar refractivity (Wildman–Crippen MR) is 310 cm³/mol. The number of benzene rings is 8. The second kappa shape index (κ2) is 17.5. The predicted octanol–water partition coefficient (Wildman–Crippen LogP) is 17.8. The molecule has 0 aliphatic rings. The van der Waals surface area contributed by atoms with Crippen molar-refractivity contribution >= 4 is 43.6 Å². The van der Waals surface area contributed by atoms with Crippen molar-refractivity contribution in [1.29, 1.82) is 5.26 Å². The smallest absolute Gasteiger partial charge is 0.164 e. The molecule has 11 aromatic rings. The Morgan fingerprint density at radius 1 is 0.338 bits per heavy atom. The summed E-state index contributed by atoms with van der Waals surface area (Å²) in [6.45, 7) is 27.3. The summed E-state index contributed by atoms with van der Waals surface area (Å²) in [7, 11) is 0. The van der Waals surface area contributed by atoms with Crippen LogP contribution < -0.4 is 0 Å². The van der Waals surface area contributed by atoms with E-state index in [4.69, 9.17) is 15.0 Å². The highest BCUT2D eigenvalue weighted by Crippen LogP contribution is 2.44. The van der Waals surface area contributed by atoms with Crippen LogP contribution in [0, 0.1) is 11.3 Å². The van der Waals surface area contributed by atoms with Gasteiger partial charge in [0.25, 0.3) is 0 Å². The van der Waals surface area contributed by atoms with E-state index < -0.39 is 0 Å². The average Bonchev–Trinajstić information content (AvgIpc) is 3.90. The van der Waals surface area contributed by atoms with Gasteiger partial charge in [-0.15, -0.1) is 0 Å². The fourth-order valence-corrected chi connectivity index (χ4v) is 10.5. The van der Waals surface area contributed by atoms with Crippen LogP contribution in [0.3, 0.4) is 0 Å². The van der Waals surface area contributed by atoms with E-state index in [2.05, 4.69) is 207 Å². The highest BCUT2D eigenvalue weighted by molar-refractivity contribution is 6.12. The minimum absolute atomic E-state index is 0.0481. The fraction of sp³-hybridized carbons (Fsp3) is 0.235. The summed E-state index contributed by atoms with van der Waals surface area (Å²) in [4.78, 5) is 15.5. The molecule has 0 radical (unpaired) electrons. The first-order valence-corrected chi connectivity index (χ1v) is 25.9. The Morgan fingerprint density at radius 2 is 0.703 bits per heavy atom. The SMILES string of the molecule is CC(C)(C)c1ccc2c(c1)c1cc(C(C)(C)C)ccc1n2-c1cc(-c2nc(-c3ccccc3)nc(-c3ccccc3)n2)ccc1-c1cccc(-n2c3ccc(C(C)(C)C)cc3c3cc(C(C)(C)C)ccc32)c1C#N. The van der Waals surface area contributed by atoms with Gasteiger partial charge in [-0.05, 0) is 105 Å². The van der Waals surface area contributed by atoms with E-state index >= 15 is 0 Å². The van der Waals surface area contributed by atoms with E-state index in [9.17, 15) is 5.26 Å². The van der Waals surface area contributed by atoms with Gasteiger partial charge in [-0.1, -0.05) is 192 Å². The maximum Gasteiger partial charge on any atom is 0.164 e. The largest absolute Gasteiger partial charge is 0.309 e. The second-order valence-corrected chi connectivity index (χ2v) is 24.2. The molecule has 11 rings (SSSR count). The standard InChI is InChI=1S/C68H64N6/c1-65(2,3)45-27-32-57-51(37-45)52-38-46(66(4,5)6)28-33-58(52)73(57)56-25-19-24-49(55(56)41-69)50-31-26-44(64-71-62(42-20-15-13-16-21-42)70-63(72-64)43-22-17-14-18-23-43)36-61(50)74-59-34-29-47(67(7,8)9)39-53(59)54-40-48(68(10,11)12)30-35-60(54)74/h13-40H,1-12H3. The van der Waals surface area contributed by atoms with Crippen molar-refractivity contribution < 1.29 is 0 Å². The van der Waals surface area contributed by atoms with Crippen molar-refractivity contribution in [2.45, 2.75) is 105 Å². The van der Waals surface area contributed by atoms with Crippen LogP contribution in [0.4, 0.5) is 0 Å². The molecule has 0 spiro atoms. The van der Waals surface area contributed by atoms with Crippen LogP contribution >= 0.6 is 0 Å². The summed E-state index contributed by atoms with van der Waals surface area (Å²) in [6.07, 6.45) is 0. The lowest BCUT2D eigenvalue weighted by Crippen LogP contribution is -2.10. The summed E-state index contributed by atoms with van der Waals surface area (Å²) < 4.78 is 4.71. The van der Waals surface area contributed by atoms with Crippen LogP contribution in [0.2, 0.25) is 0 Å². The van der Waals surface area contributed by atoms with Crippen LogP contribution in [0.15, 0.2) is 170 Å². The first-order valence-electron chi connectivity index (χ1n) is 25.9. The summed E-state index contributed by atoms with van der Waals surface area (Å²) in [5.74, 6) is 1.74. The van der Waals surface area contributed by atoms with Crippen molar-refractivity contribution in [2.24, 2.45) is 0 Å². The van der Waals surface area contributed by atoms with Crippen molar-refractivity contribution in [3.8, 4) is 62.7 Å². The highest BCUT2D eigenvalue weighted by atomic mass is 15.0. The van der Waals surface area contributed by atoms with E-state index in [0.29, 0.717) is 23.0 Å². The minimum Gasteiger partial charge on any atom is -0.309 e. The molecule has 0 atom stereocenters. The molecule has 366 valence electrons. The molecule has 3 heterocycles. The molecule has 0 amide bonds. The number of rotatable bonds is 6. The molecule has 8 aromatic carbocycles. The van der Waals surface area contributed by atoms with Gasteiger partial charge in [-0.25, -0.2) is 15.0 Å². The van der Waals surface area contributed by atoms with Crippen molar-refractivity contribution in [1.82, 2.24) is 24.1 Å². The van der Waals surface area contributed by atoms with Gasteiger partial charge in [0.1, 0.15) is 6.07 Å². The second-order valence-electron chi connectivity index (χ2n) is 24.2. The minimum atomic E-state index is -0.0709. The van der Waals surface area contributed by atoms with Crippen molar-refractivity contribution in [2.75, 3.05) is 0 Å². The normalized spacial score (nSPS) is 12.6. The van der Waals surface area contributed by atoms with Gasteiger partial charge in [-0.3, -0.25) is 0 Å². The van der Waals surface area contributed by atoms with Crippen LogP contribution in [0.1, 0.15) is 111 Å². The third kappa shape index (κ3) is 8.44. The number of fused-ring (bicyclic) bond motifs is 6. The lowest BCUT2D eigenvalue weighted by Gasteiger charge is -2.21. The van der Waals surface area contributed by atoms with E-state index in [0.717, 1.165) is 61.3 Å². The maximum absolute atomic E-state index is 11.7. The van der Waals surface area contributed by atoms with Crippen LogP contribution in [-0.2, 0) is 21.7 Å². The van der Waals surface area contributed by atoms with Crippen LogP contribution in [-0.4, -0.2) is 24.1 Å². The van der Waals surface area contributed by atoms with E-state index in [1.807, 2.05) is 60.7 Å². The fourth-order valence-electron chi connectivity index (χ4n) is 10.5. The Morgan fingerprint density at radius 3 is 1.07 bits per heavy atom. The topological polar surface area (TPSA) is 72.3 Å². The summed E-state index contributed by atoms with van der Waals surface area (Å²) in [5, 5.41) is 16.4. The number of nitriles is 1. The van der Waals surface area contributed by atoms with Gasteiger partial charge in [0.15, 0.2) is 17.5 Å². The first-order chi connectivity index (χ1) is 35.2. The Balaban J connectivity index is 1.23. The molecular formula is C68H64N6. The quantitative estimate of drug-likeness (QED) is 0.166. The molecule has 0 saturated carbocycles. The highest BCUT2D eigenvalue weighted by Gasteiger charge is 2.27. The zero-order chi connectivity index (χ0) is 52.1. The maximum atomic E-state index is 11.7. The van der Waals surface area contributed by atoms with Gasteiger partial charge in [-0.2, -0.15) is 5.26 Å².